The molecule has 1 atom stereocenters. The lowest BCUT2D eigenvalue weighted by Crippen LogP contribution is -2.42. The second-order valence-electron chi connectivity index (χ2n) is 3.87. The Morgan fingerprint density at radius 3 is 2.94 bits per heavy atom. The number of nitrogens with two attached hydrogens (primary N) is 1. The molecule has 88 valence electrons. The van der Waals surface area contributed by atoms with Crippen molar-refractivity contribution in [1.29, 1.82) is 0 Å². The number of carbonyl (C=O) groups is 1. The van der Waals surface area contributed by atoms with Crippen LogP contribution in [0.15, 0.2) is 36.5 Å². The molecule has 0 fully saturated rings. The van der Waals surface area contributed by atoms with Gasteiger partial charge in [-0.3, -0.25) is 4.79 Å². The predicted octanol–water partition coefficient (Wildman–Crippen LogP) is 0.324. The van der Waals surface area contributed by atoms with E-state index >= 15 is 0 Å². The van der Waals surface area contributed by atoms with Gasteiger partial charge in [0, 0.05) is 23.0 Å². The molecule has 2 rings (SSSR count). The largest absolute Gasteiger partial charge is 0.480 e. The Morgan fingerprint density at radius 1 is 1.41 bits per heavy atom. The molecule has 2 aromatic rings. The molecule has 1 aromatic heterocycles. The van der Waals surface area contributed by atoms with Gasteiger partial charge in [0.2, 0.25) is 0 Å². The van der Waals surface area contributed by atoms with Crippen LogP contribution in [0.4, 0.5) is 0 Å². The summed E-state index contributed by atoms with van der Waals surface area (Å²) < 4.78 is 1.71. The number of aliphatic carboxylic acids is 1. The van der Waals surface area contributed by atoms with Crippen molar-refractivity contribution in [3.05, 3.63) is 36.5 Å². The van der Waals surface area contributed by atoms with Crippen molar-refractivity contribution in [3.63, 3.8) is 0 Å². The van der Waals surface area contributed by atoms with Gasteiger partial charge in [-0.2, -0.15) is 0 Å². The smallest absolute Gasteiger partial charge is 0.320 e. The van der Waals surface area contributed by atoms with E-state index in [1.54, 1.807) is 4.68 Å². The van der Waals surface area contributed by atoms with Gasteiger partial charge in [0.05, 0.1) is 0 Å². The van der Waals surface area contributed by atoms with Crippen LogP contribution < -0.4 is 10.4 Å². The summed E-state index contributed by atoms with van der Waals surface area (Å²) in [6.07, 6.45) is 2.20. The molecule has 1 unspecified atom stereocenters. The van der Waals surface area contributed by atoms with E-state index in [4.69, 9.17) is 10.8 Å². The van der Waals surface area contributed by atoms with Crippen molar-refractivity contribution >= 4 is 16.9 Å². The van der Waals surface area contributed by atoms with E-state index in [0.717, 1.165) is 10.9 Å². The second kappa shape index (κ2) is 4.88. The van der Waals surface area contributed by atoms with Crippen LogP contribution in [0, 0.1) is 0 Å². The van der Waals surface area contributed by atoms with E-state index in [-0.39, 0.29) is 0 Å². The normalized spacial score (nSPS) is 12.5. The van der Waals surface area contributed by atoms with Crippen molar-refractivity contribution in [2.45, 2.75) is 19.0 Å². The van der Waals surface area contributed by atoms with Gasteiger partial charge >= 0.3 is 5.97 Å². The molecular formula is C12H14N3O2+. The quantitative estimate of drug-likeness (QED) is 0.744. The lowest BCUT2D eigenvalue weighted by Gasteiger charge is -2.02. The van der Waals surface area contributed by atoms with E-state index in [0.29, 0.717) is 13.0 Å². The van der Waals surface area contributed by atoms with Crippen molar-refractivity contribution in [1.82, 2.24) is 5.10 Å². The summed E-state index contributed by atoms with van der Waals surface area (Å²) in [6.45, 7) is 0.498. The summed E-state index contributed by atoms with van der Waals surface area (Å²) in [4.78, 5) is 10.6. The fraction of sp³-hybridized carbons (Fsp3) is 0.250. The predicted molar refractivity (Wildman–Crippen MR) is 62.2 cm³/mol. The lowest BCUT2D eigenvalue weighted by molar-refractivity contribution is -0.752. The van der Waals surface area contributed by atoms with Crippen molar-refractivity contribution in [2.75, 3.05) is 0 Å². The zero-order valence-corrected chi connectivity index (χ0v) is 9.28. The van der Waals surface area contributed by atoms with Gasteiger partial charge < -0.3 is 10.8 Å². The van der Waals surface area contributed by atoms with Gasteiger partial charge in [-0.05, 0) is 6.07 Å². The number of carboxylic acid groups (broad SMARTS) is 1. The topological polar surface area (TPSA) is 80.1 Å². The number of fused-ring (bicyclic) bond motifs is 1. The first-order valence-corrected chi connectivity index (χ1v) is 5.41. The molecule has 0 spiro atoms. The van der Waals surface area contributed by atoms with Gasteiger partial charge in [-0.15, -0.1) is 0 Å². The molecule has 3 N–H and O–H groups in total. The Labute approximate surface area is 98.5 Å². The Bertz CT molecular complexity index is 542. The number of aromatic nitrogens is 2. The third-order valence-electron chi connectivity index (χ3n) is 2.59. The highest BCUT2D eigenvalue weighted by molar-refractivity contribution is 5.76. The lowest BCUT2D eigenvalue weighted by atomic mass is 10.2. The molecule has 0 saturated heterocycles. The van der Waals surface area contributed by atoms with Crippen LogP contribution >= 0.6 is 0 Å². The monoisotopic (exact) mass is 232 g/mol. The minimum absolute atomic E-state index is 0.366. The SMILES string of the molecule is NC(CC[n+]1ccc2ccccc2n1)C(=O)O. The highest BCUT2D eigenvalue weighted by Gasteiger charge is 2.14. The number of benzene rings is 1. The van der Waals surface area contributed by atoms with E-state index in [2.05, 4.69) is 5.10 Å². The van der Waals surface area contributed by atoms with Crippen LogP contribution in [0.25, 0.3) is 10.9 Å². The summed E-state index contributed by atoms with van der Waals surface area (Å²) in [5.74, 6) is -0.980. The van der Waals surface area contributed by atoms with Gasteiger partial charge in [-0.1, -0.05) is 22.9 Å². The van der Waals surface area contributed by atoms with E-state index in [1.807, 2.05) is 36.5 Å². The molecule has 17 heavy (non-hydrogen) atoms. The molecule has 0 aliphatic heterocycles. The van der Waals surface area contributed by atoms with Gasteiger partial charge in [0.25, 0.3) is 0 Å². The average Bonchev–Trinajstić information content (AvgIpc) is 2.35. The Kier molecular flexibility index (Phi) is 3.30. The van der Waals surface area contributed by atoms with Crippen LogP contribution in [0.3, 0.4) is 0 Å². The molecule has 0 bridgehead atoms. The standard InChI is InChI=1S/C12H13N3O2/c13-10(12(16)17)6-8-15-7-5-9-3-1-2-4-11(9)14-15/h1-5,7,10H,6,8,13H2/p+1. The summed E-state index contributed by atoms with van der Waals surface area (Å²) >= 11 is 0. The number of hydrogen-bond donors (Lipinski definition) is 2. The molecule has 0 aliphatic rings. The zero-order valence-electron chi connectivity index (χ0n) is 9.28. The van der Waals surface area contributed by atoms with E-state index in [1.165, 1.54) is 0 Å². The highest BCUT2D eigenvalue weighted by Crippen LogP contribution is 2.06. The fourth-order valence-corrected chi connectivity index (χ4v) is 1.58. The Hall–Kier alpha value is -2.01. The van der Waals surface area contributed by atoms with Crippen LogP contribution in [0.2, 0.25) is 0 Å². The zero-order chi connectivity index (χ0) is 12.3. The van der Waals surface area contributed by atoms with Crippen molar-refractivity contribution < 1.29 is 14.6 Å². The number of nitrogens with zero attached hydrogens (tertiary/aromatic N) is 2. The molecule has 1 heterocycles. The Morgan fingerprint density at radius 2 is 2.18 bits per heavy atom. The maximum absolute atomic E-state index is 10.6. The third kappa shape index (κ3) is 2.76. The van der Waals surface area contributed by atoms with Crippen molar-refractivity contribution in [3.8, 4) is 0 Å². The summed E-state index contributed by atoms with van der Waals surface area (Å²) in [5.41, 5.74) is 6.32. The molecule has 0 amide bonds. The minimum atomic E-state index is -0.980. The van der Waals surface area contributed by atoms with Gasteiger partial charge in [-0.25, -0.2) is 0 Å². The average molecular weight is 232 g/mol. The number of hydrogen-bond acceptors (Lipinski definition) is 3. The molecule has 0 radical (unpaired) electrons. The van der Waals surface area contributed by atoms with Gasteiger partial charge in [0.15, 0.2) is 12.7 Å². The van der Waals surface area contributed by atoms with E-state index < -0.39 is 12.0 Å². The summed E-state index contributed by atoms with van der Waals surface area (Å²) in [6, 6.07) is 8.89. The van der Waals surface area contributed by atoms with Gasteiger partial charge in [0.1, 0.15) is 11.6 Å². The molecule has 5 nitrogen and oxygen atoms in total. The molecule has 1 aromatic carbocycles. The first-order valence-electron chi connectivity index (χ1n) is 5.41. The summed E-state index contributed by atoms with van der Waals surface area (Å²) in [7, 11) is 0. The maximum atomic E-state index is 10.6. The van der Waals surface area contributed by atoms with Crippen LogP contribution in [0.5, 0.6) is 0 Å². The summed E-state index contributed by atoms with van der Waals surface area (Å²) in [5, 5.41) is 14.1. The van der Waals surface area contributed by atoms with Crippen LogP contribution in [-0.4, -0.2) is 22.2 Å². The fourth-order valence-electron chi connectivity index (χ4n) is 1.58. The Balaban J connectivity index is 2.12. The first-order chi connectivity index (χ1) is 8.16. The van der Waals surface area contributed by atoms with Crippen LogP contribution in [-0.2, 0) is 11.3 Å². The molecule has 0 aliphatic carbocycles. The maximum Gasteiger partial charge on any atom is 0.320 e. The van der Waals surface area contributed by atoms with Crippen molar-refractivity contribution in [2.24, 2.45) is 5.73 Å². The molecular weight excluding hydrogens is 218 g/mol. The highest BCUT2D eigenvalue weighted by atomic mass is 16.4. The number of rotatable bonds is 4. The number of aryl methyl sites for hydroxylation is 1. The molecule has 0 saturated carbocycles. The minimum Gasteiger partial charge on any atom is -0.480 e. The third-order valence-corrected chi connectivity index (χ3v) is 2.59. The number of carboxylic acids is 1. The second-order valence-corrected chi connectivity index (χ2v) is 3.87. The molecule has 5 heteroatoms. The first kappa shape index (κ1) is 11.5. The van der Waals surface area contributed by atoms with Crippen LogP contribution in [0.1, 0.15) is 6.42 Å². The van der Waals surface area contributed by atoms with E-state index in [9.17, 15) is 4.79 Å².